The first-order valence-electron chi connectivity index (χ1n) is 10.5. The molecule has 6 aromatic rings. The lowest BCUT2D eigenvalue weighted by Crippen LogP contribution is -1.98. The smallest absolute Gasteiger partial charge is 0.0526 e. The van der Waals surface area contributed by atoms with Gasteiger partial charge in [-0.1, -0.05) is 72.4 Å². The van der Waals surface area contributed by atoms with Crippen molar-refractivity contribution in [2.45, 2.75) is 9.79 Å². The quantitative estimate of drug-likeness (QED) is 0.225. The topological polar surface area (TPSA) is 43.6 Å². The molecular weight excluding hydrogens is 410 g/mol. The van der Waals surface area contributed by atoms with E-state index in [1.165, 1.54) is 43.0 Å². The Bertz CT molecular complexity index is 1230. The Hall–Kier alpha value is -3.89. The molecule has 0 radical (unpaired) electrons. The number of fused-ring (bicyclic) bond motifs is 4. The molecule has 32 heavy (non-hydrogen) atoms. The van der Waals surface area contributed by atoms with Crippen LogP contribution < -0.4 is 5.32 Å². The van der Waals surface area contributed by atoms with E-state index in [9.17, 15) is 0 Å². The van der Waals surface area contributed by atoms with Gasteiger partial charge in [-0.15, -0.1) is 0 Å². The molecule has 0 atom stereocenters. The molecule has 0 unspecified atom stereocenters. The fraction of sp³-hybridized carbons (Fsp3) is 0. The predicted molar refractivity (Wildman–Crippen MR) is 137 cm³/mol. The van der Waals surface area contributed by atoms with E-state index < -0.39 is 0 Å². The van der Waals surface area contributed by atoms with Crippen LogP contribution in [0.4, 0.5) is 11.4 Å². The van der Waals surface area contributed by atoms with Crippen molar-refractivity contribution in [1.82, 2.24) is 9.97 Å². The number of hydrogen-bond acceptors (Lipinski definition) is 2. The first-order chi connectivity index (χ1) is 15.9. The van der Waals surface area contributed by atoms with Gasteiger partial charge in [0.25, 0.3) is 0 Å². The van der Waals surface area contributed by atoms with Crippen LogP contribution in [0.1, 0.15) is 0 Å². The summed E-state index contributed by atoms with van der Waals surface area (Å²) < 4.78 is 0. The summed E-state index contributed by atoms with van der Waals surface area (Å²) in [6, 6.07) is 37.3. The van der Waals surface area contributed by atoms with Crippen LogP contribution in [0.25, 0.3) is 21.8 Å². The first-order valence-corrected chi connectivity index (χ1v) is 11.4. The van der Waals surface area contributed by atoms with E-state index >= 15 is 0 Å². The van der Waals surface area contributed by atoms with Crippen molar-refractivity contribution in [3.63, 3.8) is 0 Å². The first kappa shape index (κ1) is 20.0. The Labute approximate surface area is 191 Å². The van der Waals surface area contributed by atoms with E-state index in [-0.39, 0.29) is 0 Å². The Kier molecular flexibility index (Phi) is 5.95. The number of nitrogens with one attached hydrogen (secondary N) is 3. The number of aromatic amines is 2. The summed E-state index contributed by atoms with van der Waals surface area (Å²) >= 11 is 1.82. The van der Waals surface area contributed by atoms with Crippen LogP contribution in [0, 0.1) is 0 Å². The van der Waals surface area contributed by atoms with Crippen LogP contribution >= 0.6 is 11.8 Å². The van der Waals surface area contributed by atoms with Crippen molar-refractivity contribution >= 4 is 44.9 Å². The number of rotatable bonds is 0. The minimum Gasteiger partial charge on any atom is -0.361 e. The van der Waals surface area contributed by atoms with Crippen LogP contribution in [0.3, 0.4) is 0 Å². The highest BCUT2D eigenvalue weighted by molar-refractivity contribution is 7.99. The molecule has 0 saturated heterocycles. The molecule has 4 heteroatoms. The molecule has 3 N–H and O–H groups in total. The van der Waals surface area contributed by atoms with E-state index in [2.05, 4.69) is 100 Å². The van der Waals surface area contributed by atoms with E-state index in [0.29, 0.717) is 0 Å². The lowest BCUT2D eigenvalue weighted by atomic mass is 10.2. The Morgan fingerprint density at radius 2 is 0.875 bits per heavy atom. The molecule has 1 aliphatic rings. The van der Waals surface area contributed by atoms with E-state index in [0.717, 1.165) is 0 Å². The fourth-order valence-corrected chi connectivity index (χ4v) is 4.56. The maximum absolute atomic E-state index is 3.42. The maximum Gasteiger partial charge on any atom is 0.0526 e. The van der Waals surface area contributed by atoms with Crippen molar-refractivity contribution in [2.75, 3.05) is 5.32 Å². The van der Waals surface area contributed by atoms with Gasteiger partial charge in [0.15, 0.2) is 0 Å². The number of hydrogen-bond donors (Lipinski definition) is 3. The summed E-state index contributed by atoms with van der Waals surface area (Å²) in [5.41, 5.74) is 4.82. The normalized spacial score (nSPS) is 11.2. The number of benzene rings is 4. The molecule has 0 bridgehead atoms. The third-order valence-electron chi connectivity index (χ3n) is 5.19. The molecule has 2 aromatic heterocycles. The Balaban J connectivity index is 0.000000106. The summed E-state index contributed by atoms with van der Waals surface area (Å²) in [5.74, 6) is 0. The molecule has 0 saturated carbocycles. The minimum atomic E-state index is 1.20. The zero-order chi connectivity index (χ0) is 21.6. The van der Waals surface area contributed by atoms with Crippen LogP contribution in [0.15, 0.2) is 131 Å². The van der Waals surface area contributed by atoms with Gasteiger partial charge >= 0.3 is 0 Å². The second kappa shape index (κ2) is 9.50. The van der Waals surface area contributed by atoms with Crippen LogP contribution in [-0.2, 0) is 0 Å². The zero-order valence-electron chi connectivity index (χ0n) is 17.5. The SMILES string of the molecule is c1ccc2[nH]ccc2c1.c1ccc2[nH]ccc2c1.c1ccc2c(c1)Nc1ccccc1S2. The second-order valence-corrected chi connectivity index (χ2v) is 8.43. The van der Waals surface area contributed by atoms with Crippen LogP contribution in [0.2, 0.25) is 0 Å². The van der Waals surface area contributed by atoms with E-state index in [4.69, 9.17) is 0 Å². The van der Waals surface area contributed by atoms with E-state index in [1.54, 1.807) is 0 Å². The van der Waals surface area contributed by atoms with Crippen LogP contribution in [-0.4, -0.2) is 9.97 Å². The molecule has 1 aliphatic heterocycles. The van der Waals surface area contributed by atoms with Crippen molar-refractivity contribution in [1.29, 1.82) is 0 Å². The highest BCUT2D eigenvalue weighted by Crippen LogP contribution is 2.43. The van der Waals surface area contributed by atoms with Gasteiger partial charge in [-0.2, -0.15) is 0 Å². The molecule has 3 nitrogen and oxygen atoms in total. The average molecular weight is 434 g/mol. The largest absolute Gasteiger partial charge is 0.361 e. The number of para-hydroxylation sites is 4. The summed E-state index contributed by atoms with van der Waals surface area (Å²) in [6.45, 7) is 0. The van der Waals surface area contributed by atoms with Crippen molar-refractivity contribution < 1.29 is 0 Å². The predicted octanol–water partition coefficient (Wildman–Crippen LogP) is 8.23. The summed E-state index contributed by atoms with van der Waals surface area (Å²) in [7, 11) is 0. The molecule has 4 aromatic carbocycles. The Morgan fingerprint density at radius 1 is 0.438 bits per heavy atom. The van der Waals surface area contributed by atoms with Gasteiger partial charge in [0.2, 0.25) is 0 Å². The van der Waals surface area contributed by atoms with Gasteiger partial charge in [-0.05, 0) is 59.3 Å². The van der Waals surface area contributed by atoms with Gasteiger partial charge in [-0.25, -0.2) is 0 Å². The highest BCUT2D eigenvalue weighted by atomic mass is 32.2. The molecule has 0 spiro atoms. The molecule has 3 heterocycles. The molecule has 7 rings (SSSR count). The summed E-state index contributed by atoms with van der Waals surface area (Å²) in [5, 5.41) is 5.97. The third kappa shape index (κ3) is 4.56. The van der Waals surface area contributed by atoms with Crippen molar-refractivity contribution in [3.05, 3.63) is 122 Å². The molecular formula is C28H23N3S. The summed E-state index contributed by atoms with van der Waals surface area (Å²) in [6.07, 6.45) is 3.90. The minimum absolute atomic E-state index is 1.20. The second-order valence-electron chi connectivity index (χ2n) is 7.35. The molecule has 0 amide bonds. The lowest BCUT2D eigenvalue weighted by Gasteiger charge is -2.19. The van der Waals surface area contributed by atoms with Crippen molar-refractivity contribution in [3.8, 4) is 0 Å². The number of aromatic nitrogens is 2. The molecule has 156 valence electrons. The van der Waals surface area contributed by atoms with Crippen LogP contribution in [0.5, 0.6) is 0 Å². The monoisotopic (exact) mass is 433 g/mol. The third-order valence-corrected chi connectivity index (χ3v) is 6.34. The van der Waals surface area contributed by atoms with Gasteiger partial charge < -0.3 is 15.3 Å². The maximum atomic E-state index is 3.42. The zero-order valence-corrected chi connectivity index (χ0v) is 18.3. The van der Waals surface area contributed by atoms with Gasteiger partial charge in [-0.3, -0.25) is 0 Å². The van der Waals surface area contributed by atoms with Gasteiger partial charge in [0.1, 0.15) is 0 Å². The standard InChI is InChI=1S/C12H9NS.2C8H7N/c1-3-7-11-9(5-1)13-10-6-2-4-8-12(10)14-11;2*1-2-4-8-7(3-1)5-6-9-8/h1-8,13H;2*1-6,9H. The Morgan fingerprint density at radius 3 is 1.38 bits per heavy atom. The number of anilines is 2. The average Bonchev–Trinajstić information content (AvgIpc) is 3.53. The van der Waals surface area contributed by atoms with Crippen molar-refractivity contribution in [2.24, 2.45) is 0 Å². The fourth-order valence-electron chi connectivity index (χ4n) is 3.57. The highest BCUT2D eigenvalue weighted by Gasteiger charge is 2.13. The number of H-pyrrole nitrogens is 2. The van der Waals surface area contributed by atoms with E-state index in [1.807, 2.05) is 48.4 Å². The molecule has 0 fully saturated rings. The molecule has 0 aliphatic carbocycles. The summed E-state index contributed by atoms with van der Waals surface area (Å²) in [4.78, 5) is 8.83. The lowest BCUT2D eigenvalue weighted by molar-refractivity contribution is 1.32. The van der Waals surface area contributed by atoms with Gasteiger partial charge in [0, 0.05) is 33.2 Å². The van der Waals surface area contributed by atoms with Gasteiger partial charge in [0.05, 0.1) is 11.4 Å².